The third-order valence-electron chi connectivity index (χ3n) is 3.63. The van der Waals surface area contributed by atoms with Crippen LogP contribution in [-0.2, 0) is 12.8 Å². The molecule has 2 atom stereocenters. The van der Waals surface area contributed by atoms with Crippen LogP contribution in [0.15, 0.2) is 18.2 Å². The fourth-order valence-electron chi connectivity index (χ4n) is 2.43. The maximum Gasteiger partial charge on any atom is 0.126 e. The molecule has 0 saturated carbocycles. The molecule has 1 nitrogen and oxygen atoms in total. The first-order chi connectivity index (χ1) is 7.22. The molecule has 0 heterocycles. The number of hydrogen-bond donors (Lipinski definition) is 1. The number of benzene rings is 1. The summed E-state index contributed by atoms with van der Waals surface area (Å²) in [4.78, 5) is 0. The Hall–Kier alpha value is -0.890. The molecule has 1 aliphatic carbocycles. The molecule has 0 fully saturated rings. The first kappa shape index (κ1) is 10.6. The van der Waals surface area contributed by atoms with Crippen LogP contribution in [0, 0.1) is 11.7 Å². The molecule has 0 spiro atoms. The minimum Gasteiger partial charge on any atom is -0.317 e. The van der Waals surface area contributed by atoms with Gasteiger partial charge in [0.15, 0.2) is 0 Å². The van der Waals surface area contributed by atoms with Gasteiger partial charge in [0.2, 0.25) is 0 Å². The lowest BCUT2D eigenvalue weighted by atomic mass is 9.80. The number of aryl methyl sites for hydroxylation is 1. The summed E-state index contributed by atoms with van der Waals surface area (Å²) < 4.78 is 13.6. The lowest BCUT2D eigenvalue weighted by molar-refractivity contribution is 0.348. The van der Waals surface area contributed by atoms with Crippen molar-refractivity contribution in [1.29, 1.82) is 0 Å². The van der Waals surface area contributed by atoms with E-state index >= 15 is 0 Å². The molecule has 0 amide bonds. The Morgan fingerprint density at radius 1 is 1.47 bits per heavy atom. The lowest BCUT2D eigenvalue weighted by Crippen LogP contribution is -2.34. The predicted molar refractivity (Wildman–Crippen MR) is 60.4 cm³/mol. The second-order valence-electron chi connectivity index (χ2n) is 4.46. The largest absolute Gasteiger partial charge is 0.317 e. The van der Waals surface area contributed by atoms with E-state index < -0.39 is 0 Å². The zero-order chi connectivity index (χ0) is 10.8. The predicted octanol–water partition coefficient (Wildman–Crippen LogP) is 2.54. The third kappa shape index (κ3) is 2.05. The molecule has 1 aromatic carbocycles. The van der Waals surface area contributed by atoms with Crippen molar-refractivity contribution in [3.05, 3.63) is 35.1 Å². The van der Waals surface area contributed by atoms with E-state index in [1.165, 1.54) is 12.0 Å². The van der Waals surface area contributed by atoms with Gasteiger partial charge in [-0.15, -0.1) is 0 Å². The molecule has 0 aromatic heterocycles. The fraction of sp³-hybridized carbons (Fsp3) is 0.538. The number of rotatable bonds is 2. The van der Waals surface area contributed by atoms with Crippen LogP contribution in [0.4, 0.5) is 4.39 Å². The molecule has 1 aliphatic rings. The van der Waals surface area contributed by atoms with Crippen LogP contribution in [0.1, 0.15) is 24.5 Å². The molecule has 0 aliphatic heterocycles. The zero-order valence-electron chi connectivity index (χ0n) is 9.39. The van der Waals surface area contributed by atoms with Gasteiger partial charge in [0.1, 0.15) is 5.82 Å². The van der Waals surface area contributed by atoms with Crippen LogP contribution in [0.3, 0.4) is 0 Å². The molecule has 0 radical (unpaired) electrons. The topological polar surface area (TPSA) is 12.0 Å². The van der Waals surface area contributed by atoms with Gasteiger partial charge in [-0.25, -0.2) is 4.39 Å². The van der Waals surface area contributed by atoms with Crippen LogP contribution in [0.2, 0.25) is 0 Å². The Labute approximate surface area is 90.7 Å². The normalized spacial score (nSPS) is 22.2. The molecular weight excluding hydrogens is 189 g/mol. The summed E-state index contributed by atoms with van der Waals surface area (Å²) >= 11 is 0. The van der Waals surface area contributed by atoms with Crippen LogP contribution in [-0.4, -0.2) is 13.1 Å². The highest BCUT2D eigenvalue weighted by molar-refractivity contribution is 5.31. The number of halogens is 1. The smallest absolute Gasteiger partial charge is 0.126 e. The van der Waals surface area contributed by atoms with E-state index in [0.717, 1.165) is 18.4 Å². The Kier molecular flexibility index (Phi) is 3.06. The number of nitrogens with one attached hydrogen (secondary N) is 1. The van der Waals surface area contributed by atoms with Gasteiger partial charge in [0.05, 0.1) is 0 Å². The van der Waals surface area contributed by atoms with Crippen LogP contribution in [0.25, 0.3) is 0 Å². The molecule has 0 bridgehead atoms. The van der Waals surface area contributed by atoms with Crippen LogP contribution < -0.4 is 5.32 Å². The average Bonchev–Trinajstić information content (AvgIpc) is 2.28. The zero-order valence-corrected chi connectivity index (χ0v) is 9.39. The number of hydrogen-bond acceptors (Lipinski definition) is 1. The highest BCUT2D eigenvalue weighted by Gasteiger charge is 2.24. The van der Waals surface area contributed by atoms with E-state index in [1.807, 2.05) is 13.1 Å². The van der Waals surface area contributed by atoms with Gasteiger partial charge < -0.3 is 5.32 Å². The van der Waals surface area contributed by atoms with Gasteiger partial charge in [-0.05, 0) is 56.3 Å². The van der Waals surface area contributed by atoms with E-state index in [4.69, 9.17) is 0 Å². The average molecular weight is 207 g/mol. The Morgan fingerprint density at radius 2 is 2.27 bits per heavy atom. The molecule has 82 valence electrons. The minimum atomic E-state index is -0.0273. The first-order valence-corrected chi connectivity index (χ1v) is 5.66. The van der Waals surface area contributed by atoms with E-state index in [2.05, 4.69) is 18.3 Å². The van der Waals surface area contributed by atoms with Gasteiger partial charge in [-0.1, -0.05) is 12.1 Å². The van der Waals surface area contributed by atoms with E-state index in [1.54, 1.807) is 6.07 Å². The third-order valence-corrected chi connectivity index (χ3v) is 3.63. The van der Waals surface area contributed by atoms with Crippen molar-refractivity contribution >= 4 is 0 Å². The van der Waals surface area contributed by atoms with Crippen molar-refractivity contribution < 1.29 is 4.39 Å². The highest BCUT2D eigenvalue weighted by atomic mass is 19.1. The second kappa shape index (κ2) is 4.31. The quantitative estimate of drug-likeness (QED) is 0.786. The monoisotopic (exact) mass is 207 g/mol. The summed E-state index contributed by atoms with van der Waals surface area (Å²) in [6.07, 6.45) is 3.06. The standard InChI is InChI=1S/C13H18FN/c1-9(15-2)11-7-6-10-4-3-5-13(14)12(10)8-11/h3-5,9,11,15H,6-8H2,1-2H3. The van der Waals surface area contributed by atoms with Crippen molar-refractivity contribution in [1.82, 2.24) is 5.32 Å². The van der Waals surface area contributed by atoms with Crippen molar-refractivity contribution in [2.24, 2.45) is 5.92 Å². The molecule has 1 aromatic rings. The van der Waals surface area contributed by atoms with Crippen LogP contribution in [0.5, 0.6) is 0 Å². The summed E-state index contributed by atoms with van der Waals surface area (Å²) in [6.45, 7) is 2.18. The van der Waals surface area contributed by atoms with E-state index in [9.17, 15) is 4.39 Å². The van der Waals surface area contributed by atoms with E-state index in [-0.39, 0.29) is 5.82 Å². The summed E-state index contributed by atoms with van der Waals surface area (Å²) in [5.41, 5.74) is 2.14. The molecule has 0 saturated heterocycles. The number of fused-ring (bicyclic) bond motifs is 1. The van der Waals surface area contributed by atoms with Gasteiger partial charge >= 0.3 is 0 Å². The van der Waals surface area contributed by atoms with Crippen molar-refractivity contribution in [3.8, 4) is 0 Å². The lowest BCUT2D eigenvalue weighted by Gasteiger charge is -2.29. The SMILES string of the molecule is CNC(C)C1CCc2cccc(F)c2C1. The van der Waals surface area contributed by atoms with Gasteiger partial charge in [0, 0.05) is 6.04 Å². The molecule has 1 N–H and O–H groups in total. The Morgan fingerprint density at radius 3 is 3.00 bits per heavy atom. The Bertz CT molecular complexity index is 348. The molecule has 15 heavy (non-hydrogen) atoms. The summed E-state index contributed by atoms with van der Waals surface area (Å²) in [7, 11) is 1.97. The highest BCUT2D eigenvalue weighted by Crippen LogP contribution is 2.29. The molecule has 2 unspecified atom stereocenters. The molecule has 2 rings (SSSR count). The Balaban J connectivity index is 2.22. The van der Waals surface area contributed by atoms with Gasteiger partial charge in [0.25, 0.3) is 0 Å². The summed E-state index contributed by atoms with van der Waals surface area (Å²) in [6, 6.07) is 5.91. The van der Waals surface area contributed by atoms with Gasteiger partial charge in [-0.2, -0.15) is 0 Å². The van der Waals surface area contributed by atoms with Crippen LogP contribution >= 0.6 is 0 Å². The maximum absolute atomic E-state index is 13.6. The van der Waals surface area contributed by atoms with Gasteiger partial charge in [-0.3, -0.25) is 0 Å². The summed E-state index contributed by atoms with van der Waals surface area (Å²) in [5.74, 6) is 0.542. The molecular formula is C13H18FN. The van der Waals surface area contributed by atoms with E-state index in [0.29, 0.717) is 12.0 Å². The first-order valence-electron chi connectivity index (χ1n) is 5.66. The van der Waals surface area contributed by atoms with Crippen molar-refractivity contribution in [2.45, 2.75) is 32.2 Å². The minimum absolute atomic E-state index is 0.0273. The van der Waals surface area contributed by atoms with Crippen molar-refractivity contribution in [3.63, 3.8) is 0 Å². The fourth-order valence-corrected chi connectivity index (χ4v) is 2.43. The molecule has 2 heteroatoms. The second-order valence-corrected chi connectivity index (χ2v) is 4.46. The summed E-state index contributed by atoms with van der Waals surface area (Å²) in [5, 5.41) is 3.26. The van der Waals surface area contributed by atoms with Crippen molar-refractivity contribution in [2.75, 3.05) is 7.05 Å². The maximum atomic E-state index is 13.6.